The quantitative estimate of drug-likeness (QED) is 0.410. The maximum atomic E-state index is 13.2. The molecule has 1 N–H and O–H groups in total. The van der Waals surface area contributed by atoms with Crippen molar-refractivity contribution in [2.75, 3.05) is 0 Å². The van der Waals surface area contributed by atoms with Crippen LogP contribution in [0.15, 0.2) is 0 Å². The first-order valence-corrected chi connectivity index (χ1v) is 8.52. The zero-order chi connectivity index (χ0) is 16.9. The number of hydrogen-bond acceptors (Lipinski definition) is 2. The molecule has 4 aliphatic carbocycles. The van der Waals surface area contributed by atoms with Gasteiger partial charge in [0, 0.05) is 11.2 Å². The van der Waals surface area contributed by atoms with Crippen LogP contribution in [0.3, 0.4) is 0 Å². The molecule has 0 saturated heterocycles. The summed E-state index contributed by atoms with van der Waals surface area (Å²) in [6, 6.07) is 0. The molecule has 8 atom stereocenters. The van der Waals surface area contributed by atoms with Gasteiger partial charge in [-0.1, -0.05) is 0 Å². The number of hydrogen-bond donors (Lipinski definition) is 2. The van der Waals surface area contributed by atoms with Crippen molar-refractivity contribution in [3.63, 3.8) is 0 Å². The van der Waals surface area contributed by atoms with Crippen molar-refractivity contribution in [1.82, 2.24) is 0 Å². The number of thiol groups is 1. The molecule has 23 heavy (non-hydrogen) atoms. The molecule has 8 unspecified atom stereocenters. The molecular formula is C15H18F6OS. The Morgan fingerprint density at radius 3 is 1.83 bits per heavy atom. The summed E-state index contributed by atoms with van der Waals surface area (Å²) in [5.74, 6) is -1.95. The normalized spacial score (nSPS) is 49.0. The van der Waals surface area contributed by atoms with E-state index in [9.17, 15) is 31.4 Å². The minimum atomic E-state index is -5.70. The first-order valence-electron chi connectivity index (χ1n) is 8.00. The lowest BCUT2D eigenvalue weighted by atomic mass is 9.63. The SMILES string of the molecule is OC(C1CC2CC1C1C3CC(CC3S)C21)(C(F)(F)F)C(F)(F)F. The highest BCUT2D eigenvalue weighted by atomic mass is 32.1. The first-order chi connectivity index (χ1) is 10.5. The molecule has 4 aliphatic rings. The largest absolute Gasteiger partial charge is 0.426 e. The van der Waals surface area contributed by atoms with Crippen LogP contribution in [0.5, 0.6) is 0 Å². The summed E-state index contributed by atoms with van der Waals surface area (Å²) in [6.45, 7) is 0. The van der Waals surface area contributed by atoms with Crippen LogP contribution in [-0.4, -0.2) is 28.3 Å². The fourth-order valence-corrected chi connectivity index (χ4v) is 7.22. The van der Waals surface area contributed by atoms with Gasteiger partial charge < -0.3 is 5.11 Å². The van der Waals surface area contributed by atoms with E-state index < -0.39 is 29.8 Å². The fourth-order valence-electron chi connectivity index (χ4n) is 6.63. The topological polar surface area (TPSA) is 20.2 Å². The second-order valence-corrected chi connectivity index (χ2v) is 8.54. The van der Waals surface area contributed by atoms with Crippen LogP contribution < -0.4 is 0 Å². The van der Waals surface area contributed by atoms with Crippen molar-refractivity contribution >= 4 is 12.6 Å². The zero-order valence-corrected chi connectivity index (χ0v) is 13.0. The Kier molecular flexibility index (Phi) is 3.23. The molecule has 0 aromatic rings. The monoisotopic (exact) mass is 360 g/mol. The Morgan fingerprint density at radius 2 is 1.26 bits per heavy atom. The summed E-state index contributed by atoms with van der Waals surface area (Å²) in [7, 11) is 0. The minimum absolute atomic E-state index is 0.0751. The zero-order valence-electron chi connectivity index (χ0n) is 12.1. The van der Waals surface area contributed by atoms with Gasteiger partial charge in [-0.15, -0.1) is 0 Å². The summed E-state index contributed by atoms with van der Waals surface area (Å²) in [6.07, 6.45) is -9.38. The van der Waals surface area contributed by atoms with Crippen LogP contribution >= 0.6 is 12.6 Å². The standard InChI is InChI=1S/C15H18F6OS/c16-14(17,18)13(22,15(19,20)21)9-3-5-1-7(9)12-8-2-6(11(5)12)4-10(8)23/h5-12,22-23H,1-4H2. The summed E-state index contributed by atoms with van der Waals surface area (Å²) in [5.41, 5.74) is -4.59. The van der Waals surface area contributed by atoms with Gasteiger partial charge in [-0.2, -0.15) is 39.0 Å². The van der Waals surface area contributed by atoms with E-state index in [1.54, 1.807) is 0 Å². The molecule has 0 heterocycles. The van der Waals surface area contributed by atoms with Crippen molar-refractivity contribution in [2.45, 2.75) is 48.9 Å². The lowest BCUT2D eigenvalue weighted by Gasteiger charge is -2.46. The Bertz CT molecular complexity index is 503. The maximum absolute atomic E-state index is 13.2. The van der Waals surface area contributed by atoms with E-state index in [4.69, 9.17) is 0 Å². The molecule has 8 heteroatoms. The second kappa shape index (κ2) is 4.54. The van der Waals surface area contributed by atoms with Crippen LogP contribution in [0.4, 0.5) is 26.3 Å². The molecule has 1 nitrogen and oxygen atoms in total. The predicted octanol–water partition coefficient (Wildman–Crippen LogP) is 4.07. The Labute approximate surface area is 135 Å². The smallest absolute Gasteiger partial charge is 0.373 e. The van der Waals surface area contributed by atoms with E-state index in [1.807, 2.05) is 0 Å². The van der Waals surface area contributed by atoms with Crippen LogP contribution in [0.1, 0.15) is 25.7 Å². The molecule has 0 aromatic heterocycles. The van der Waals surface area contributed by atoms with Gasteiger partial charge in [0.1, 0.15) is 0 Å². The van der Waals surface area contributed by atoms with E-state index >= 15 is 0 Å². The van der Waals surface area contributed by atoms with Crippen LogP contribution in [0, 0.1) is 41.4 Å². The minimum Gasteiger partial charge on any atom is -0.373 e. The highest BCUT2D eigenvalue weighted by Gasteiger charge is 2.78. The molecule has 0 spiro atoms. The van der Waals surface area contributed by atoms with Gasteiger partial charge in [-0.25, -0.2) is 0 Å². The summed E-state index contributed by atoms with van der Waals surface area (Å²) < 4.78 is 79.2. The Balaban J connectivity index is 1.70. The first kappa shape index (κ1) is 16.4. The van der Waals surface area contributed by atoms with E-state index in [0.717, 1.165) is 12.8 Å². The van der Waals surface area contributed by atoms with E-state index in [2.05, 4.69) is 12.6 Å². The highest BCUT2D eigenvalue weighted by Crippen LogP contribution is 2.72. The number of fused-ring (bicyclic) bond motifs is 9. The lowest BCUT2D eigenvalue weighted by molar-refractivity contribution is -0.390. The lowest BCUT2D eigenvalue weighted by Crippen LogP contribution is -2.63. The molecule has 0 aliphatic heterocycles. The fraction of sp³-hybridized carbons (Fsp3) is 1.00. The Hall–Kier alpha value is -0.110. The summed E-state index contributed by atoms with van der Waals surface area (Å²) in [5, 5.41) is 9.87. The summed E-state index contributed by atoms with van der Waals surface area (Å²) in [4.78, 5) is 0. The molecule has 4 saturated carbocycles. The summed E-state index contributed by atoms with van der Waals surface area (Å²) >= 11 is 4.48. The van der Waals surface area contributed by atoms with Gasteiger partial charge in [0.15, 0.2) is 0 Å². The molecular weight excluding hydrogens is 342 g/mol. The van der Waals surface area contributed by atoms with Crippen molar-refractivity contribution < 1.29 is 31.4 Å². The van der Waals surface area contributed by atoms with Gasteiger partial charge in [0.05, 0.1) is 0 Å². The molecule has 4 bridgehead atoms. The average Bonchev–Trinajstić information content (AvgIpc) is 3.10. The van der Waals surface area contributed by atoms with Gasteiger partial charge in [0.2, 0.25) is 0 Å². The molecule has 4 fully saturated rings. The molecule has 0 aromatic carbocycles. The van der Waals surface area contributed by atoms with Crippen molar-refractivity contribution in [3.8, 4) is 0 Å². The van der Waals surface area contributed by atoms with Crippen LogP contribution in [0.25, 0.3) is 0 Å². The number of aliphatic hydroxyl groups is 1. The third kappa shape index (κ3) is 1.88. The molecule has 0 radical (unpaired) electrons. The molecule has 4 rings (SSSR count). The van der Waals surface area contributed by atoms with Crippen LogP contribution in [0.2, 0.25) is 0 Å². The van der Waals surface area contributed by atoms with E-state index in [-0.39, 0.29) is 35.3 Å². The van der Waals surface area contributed by atoms with Crippen molar-refractivity contribution in [1.29, 1.82) is 0 Å². The number of rotatable bonds is 1. The molecule has 0 amide bonds. The predicted molar refractivity (Wildman–Crippen MR) is 72.7 cm³/mol. The third-order valence-electron chi connectivity index (χ3n) is 7.18. The van der Waals surface area contributed by atoms with Gasteiger partial charge in [-0.3, -0.25) is 0 Å². The van der Waals surface area contributed by atoms with Gasteiger partial charge >= 0.3 is 12.4 Å². The van der Waals surface area contributed by atoms with E-state index in [1.165, 1.54) is 0 Å². The molecule has 132 valence electrons. The van der Waals surface area contributed by atoms with Crippen molar-refractivity contribution in [3.05, 3.63) is 0 Å². The van der Waals surface area contributed by atoms with Gasteiger partial charge in [0.25, 0.3) is 5.60 Å². The van der Waals surface area contributed by atoms with Crippen molar-refractivity contribution in [2.24, 2.45) is 41.4 Å². The Morgan fingerprint density at radius 1 is 0.739 bits per heavy atom. The number of halogens is 6. The second-order valence-electron chi connectivity index (χ2n) is 7.88. The third-order valence-corrected chi connectivity index (χ3v) is 7.78. The average molecular weight is 360 g/mol. The van der Waals surface area contributed by atoms with E-state index in [0.29, 0.717) is 12.3 Å². The van der Waals surface area contributed by atoms with Gasteiger partial charge in [-0.05, 0) is 61.2 Å². The highest BCUT2D eigenvalue weighted by molar-refractivity contribution is 7.81. The number of alkyl halides is 6. The maximum Gasteiger partial charge on any atom is 0.426 e. The van der Waals surface area contributed by atoms with Crippen LogP contribution in [-0.2, 0) is 0 Å².